The van der Waals surface area contributed by atoms with Crippen LogP contribution in [-0.2, 0) is 42.3 Å². The van der Waals surface area contributed by atoms with Gasteiger partial charge in [0.25, 0.3) is 0 Å². The smallest absolute Gasteiger partial charge is 0.201 e. The fourth-order valence-corrected chi connectivity index (χ4v) is 9.94. The molecule has 0 aliphatic rings. The average Bonchev–Trinajstić information content (AvgIpc) is 0.776. The normalized spacial score (nSPS) is 13.6. The minimum atomic E-state index is -2.25. The van der Waals surface area contributed by atoms with E-state index in [9.17, 15) is 0 Å². The maximum atomic E-state index is 8.32. The predicted octanol–water partition coefficient (Wildman–Crippen LogP) is 17.1. The molecule has 0 amide bonds. The first-order valence-electron chi connectivity index (χ1n) is 40.0. The Labute approximate surface area is 574 Å². The van der Waals surface area contributed by atoms with E-state index in [-0.39, 0.29) is 23.8 Å². The fourth-order valence-electron chi connectivity index (χ4n) is 9.94. The van der Waals surface area contributed by atoms with Crippen LogP contribution in [0.3, 0.4) is 0 Å². The van der Waals surface area contributed by atoms with E-state index in [4.69, 9.17) is 27.4 Å². The molecule has 91 heavy (non-hydrogen) atoms. The van der Waals surface area contributed by atoms with Crippen LogP contribution in [0.15, 0.2) is 249 Å². The summed E-state index contributed by atoms with van der Waals surface area (Å²) < 4.78 is 167. The number of benzene rings is 6. The summed E-state index contributed by atoms with van der Waals surface area (Å²) in [5.74, 6) is 0. The summed E-state index contributed by atoms with van der Waals surface area (Å²) in [5.41, 5.74) is 20.8. The van der Waals surface area contributed by atoms with E-state index in [0.29, 0.717) is 96.5 Å². The molecule has 6 aromatic carbocycles. The van der Waals surface area contributed by atoms with E-state index in [0.717, 1.165) is 123 Å². The monoisotopic (exact) mass is 1220 g/mol. The van der Waals surface area contributed by atoms with Gasteiger partial charge in [-0.3, -0.25) is 0 Å². The fraction of sp³-hybridized carbons (Fsp3) is 0.224. The molecule has 0 aliphatic carbocycles. The Kier molecular flexibility index (Phi) is 16.3. The molecule has 12 rings (SSSR count). The summed E-state index contributed by atoms with van der Waals surface area (Å²) in [4.78, 5) is 0. The standard InChI is InChI=1S/2C15H18N.3C14H16N.C13H14N/c2*1-11-7-5-6-8-14(11)15-9-12(2)13(3)10-16(15)4;1-11-8-9-15(3)14(10-11)13-7-5-4-6-12(13)2;2*1-11-8-9-14(15(3)10-11)13-7-5-4-6-12(13)2;1-11-7-3-4-8-12(11)13-9-5-6-10-14(13)2/h2*5-10H,1-4H3;3*4-10H,1-3H3;3-10H,1-2H3/q6*+1/i6D,7D,9D,10D;6D,7D,10D;5D,6D,9D;5D,6D,10D;1D3,10D;4D,7D,10D. The van der Waals surface area contributed by atoms with E-state index in [1.54, 1.807) is 91.5 Å². The Hall–Kier alpha value is -9.78. The SMILES string of the molecule is [2H]c1c(C([2H])([2H])[2H])ccc(-c2ccccc2C)[n+]1C.[2H]c1cc([2H])c(C)c(-c2c([2H])c(C)c(C)c([2H])[n+]2C)c1.[2H]c1cc([2H])c(C)c(-c2cc(C)c(C)c([2H])[n+]2C)c1.[2H]c1cc([2H])c(C)c(-c2cc(C)cc([2H])[n+]2C)c1.[2H]c1cc([2H])c(C)c(-c2ccc(C)c([2H])[n+]2C)c1.[2H]c1cc([2H])c(C)c(-c2cccc([2H])[n+]2C)c1. The molecule has 0 saturated carbocycles. The summed E-state index contributed by atoms with van der Waals surface area (Å²) in [6.07, 6.45) is 2.14. The highest BCUT2D eigenvalue weighted by atomic mass is 14.9. The molecule has 0 radical (unpaired) electrons. The third-order valence-corrected chi connectivity index (χ3v) is 15.4. The minimum Gasteiger partial charge on any atom is -0.201 e. The zero-order valence-electron chi connectivity index (χ0n) is 76.0. The van der Waals surface area contributed by atoms with Crippen molar-refractivity contribution in [3.8, 4) is 67.5 Å². The van der Waals surface area contributed by atoms with Crippen molar-refractivity contribution in [3.63, 3.8) is 0 Å². The summed E-state index contributed by atoms with van der Waals surface area (Å²) >= 11 is 0. The lowest BCUT2D eigenvalue weighted by atomic mass is 10.0. The van der Waals surface area contributed by atoms with Gasteiger partial charge in [-0.25, -0.2) is 27.4 Å². The molecule has 6 nitrogen and oxygen atoms in total. The summed E-state index contributed by atoms with van der Waals surface area (Å²) in [6.45, 7) is 20.5. The third kappa shape index (κ3) is 18.7. The lowest BCUT2D eigenvalue weighted by Crippen LogP contribution is -2.31. The highest BCUT2D eigenvalue weighted by Gasteiger charge is 2.17. The lowest BCUT2D eigenvalue weighted by molar-refractivity contribution is -0.660. The zero-order valence-corrected chi connectivity index (χ0v) is 56.0. The second kappa shape index (κ2) is 32.6. The first kappa shape index (κ1) is 45.5. The van der Waals surface area contributed by atoms with Gasteiger partial charge in [0.1, 0.15) is 50.5 Å². The van der Waals surface area contributed by atoms with Crippen LogP contribution in [0.4, 0.5) is 0 Å². The van der Waals surface area contributed by atoms with Crippen LogP contribution in [0, 0.1) is 89.9 Å². The molecule has 6 aromatic heterocycles. The molecule has 0 unspecified atom stereocenters. The van der Waals surface area contributed by atoms with Gasteiger partial charge in [0.05, 0.1) is 15.1 Å². The lowest BCUT2D eigenvalue weighted by Gasteiger charge is -2.06. The van der Waals surface area contributed by atoms with Crippen LogP contribution in [0.1, 0.15) is 99.7 Å². The predicted molar refractivity (Wildman–Crippen MR) is 380 cm³/mol. The molecule has 0 N–H and O–H groups in total. The summed E-state index contributed by atoms with van der Waals surface area (Å²) in [5, 5.41) is 0. The van der Waals surface area contributed by atoms with Crippen molar-refractivity contribution < 1.29 is 54.8 Å². The largest absolute Gasteiger partial charge is 0.212 e. The second-order valence-electron chi connectivity index (χ2n) is 22.5. The number of aryl methyl sites for hydroxylation is 5. The van der Waals surface area contributed by atoms with Crippen LogP contribution in [0.5, 0.6) is 0 Å². The van der Waals surface area contributed by atoms with Crippen LogP contribution < -0.4 is 27.4 Å². The average molecular weight is 1220 g/mol. The number of hydrogen-bond donors (Lipinski definition) is 0. The highest BCUT2D eigenvalue weighted by Crippen LogP contribution is 2.26. The van der Waals surface area contributed by atoms with E-state index < -0.39 is 6.85 Å². The van der Waals surface area contributed by atoms with Crippen molar-refractivity contribution in [2.45, 2.75) is 89.9 Å². The van der Waals surface area contributed by atoms with E-state index in [2.05, 4.69) is 0 Å². The Balaban J connectivity index is 0.000000185. The van der Waals surface area contributed by atoms with Gasteiger partial charge >= 0.3 is 0 Å². The van der Waals surface area contributed by atoms with Crippen LogP contribution >= 0.6 is 0 Å². The molecule has 12 aromatic rings. The Morgan fingerprint density at radius 2 is 0.626 bits per heavy atom. The topological polar surface area (TPSA) is 23.3 Å². The molecule has 0 aliphatic heterocycles. The van der Waals surface area contributed by atoms with E-state index >= 15 is 0 Å². The molecule has 462 valence electrons. The number of pyridine rings is 6. The third-order valence-electron chi connectivity index (χ3n) is 15.4. The zero-order chi connectivity index (χ0) is 83.2. The highest BCUT2D eigenvalue weighted by molar-refractivity contribution is 5.65. The van der Waals surface area contributed by atoms with Crippen LogP contribution in [-0.4, -0.2) is 0 Å². The van der Waals surface area contributed by atoms with Crippen molar-refractivity contribution in [3.05, 3.63) is 321 Å². The summed E-state index contributed by atoms with van der Waals surface area (Å²) in [6, 6.07) is 46.2. The summed E-state index contributed by atoms with van der Waals surface area (Å²) in [7, 11) is 10.8. The molecule has 6 heterocycles. The molecule has 0 fully saturated rings. The maximum absolute atomic E-state index is 8.32. The quantitative estimate of drug-likeness (QED) is 0.148. The van der Waals surface area contributed by atoms with Gasteiger partial charge in [-0.1, -0.05) is 109 Å². The minimum absolute atomic E-state index is 0.0285. The van der Waals surface area contributed by atoms with Crippen LogP contribution in [0.25, 0.3) is 67.5 Å². The number of aromatic nitrogens is 6. The van der Waals surface area contributed by atoms with Gasteiger partial charge in [-0.15, -0.1) is 0 Å². The Morgan fingerprint density at radius 3 is 1.12 bits per heavy atom. The Bertz CT molecular complexity index is 5480. The van der Waals surface area contributed by atoms with Gasteiger partial charge < -0.3 is 0 Å². The van der Waals surface area contributed by atoms with Crippen molar-refractivity contribution in [1.29, 1.82) is 0 Å². The molecular formula is C85H98N6+6. The number of nitrogens with zero attached hydrogens (tertiary/aromatic N) is 6. The number of rotatable bonds is 6. The number of hydrogen-bond acceptors (Lipinski definition) is 0. The molecule has 6 heteroatoms. The molecule has 0 bridgehead atoms. The first-order chi connectivity index (χ1) is 51.7. The molecule has 0 saturated heterocycles. The van der Waals surface area contributed by atoms with Crippen LogP contribution in [0.2, 0.25) is 0 Å². The van der Waals surface area contributed by atoms with Gasteiger partial charge in [0.15, 0.2) is 37.0 Å². The van der Waals surface area contributed by atoms with Crippen molar-refractivity contribution in [1.82, 2.24) is 0 Å². The molecule has 0 atom stereocenters. The van der Waals surface area contributed by atoms with Crippen molar-refractivity contribution >= 4 is 0 Å². The van der Waals surface area contributed by atoms with Crippen molar-refractivity contribution in [2.24, 2.45) is 42.3 Å². The maximum Gasteiger partial charge on any atom is 0.212 e. The Morgan fingerprint density at radius 1 is 0.253 bits per heavy atom. The van der Waals surface area contributed by atoms with Gasteiger partial charge in [-0.05, 0) is 195 Å². The van der Waals surface area contributed by atoms with E-state index in [1.165, 1.54) is 30.3 Å². The molecular weight excluding hydrogens is 1100 g/mol. The first-order valence-corrected chi connectivity index (χ1v) is 30.0. The second-order valence-corrected chi connectivity index (χ2v) is 22.5. The molecule has 0 spiro atoms. The van der Waals surface area contributed by atoms with Gasteiger partial charge in [0, 0.05) is 108 Å². The van der Waals surface area contributed by atoms with Gasteiger partial charge in [0.2, 0.25) is 34.2 Å². The van der Waals surface area contributed by atoms with Gasteiger partial charge in [-0.2, -0.15) is 0 Å². The van der Waals surface area contributed by atoms with Crippen molar-refractivity contribution in [2.75, 3.05) is 0 Å². The van der Waals surface area contributed by atoms with E-state index in [1.807, 2.05) is 177 Å².